The summed E-state index contributed by atoms with van der Waals surface area (Å²) >= 11 is 0. The Bertz CT molecular complexity index is 638. The van der Waals surface area contributed by atoms with Gasteiger partial charge in [-0.25, -0.2) is 13.1 Å². The van der Waals surface area contributed by atoms with Crippen molar-refractivity contribution in [3.05, 3.63) is 29.8 Å². The summed E-state index contributed by atoms with van der Waals surface area (Å²) in [5.74, 6) is 2.31. The highest BCUT2D eigenvalue weighted by molar-refractivity contribution is 7.89. The number of hydrogen-bond donors (Lipinski definition) is 2. The van der Waals surface area contributed by atoms with Crippen LogP contribution in [-0.4, -0.2) is 26.9 Å². The van der Waals surface area contributed by atoms with E-state index in [0.29, 0.717) is 18.4 Å². The molecular formula is C15H20N2O3S. The maximum atomic E-state index is 12.2. The molecule has 0 radical (unpaired) electrons. The summed E-state index contributed by atoms with van der Waals surface area (Å²) in [5, 5.41) is 2.83. The van der Waals surface area contributed by atoms with Crippen LogP contribution in [0.25, 0.3) is 0 Å². The largest absolute Gasteiger partial charge is 0.336 e. The fourth-order valence-electron chi connectivity index (χ4n) is 1.86. The molecule has 1 rings (SSSR count). The third-order valence-corrected chi connectivity index (χ3v) is 4.96. The maximum absolute atomic E-state index is 12.2. The third-order valence-electron chi connectivity index (χ3n) is 3.53. The minimum atomic E-state index is -3.50. The van der Waals surface area contributed by atoms with Crippen molar-refractivity contribution in [3.63, 3.8) is 0 Å². The van der Waals surface area contributed by atoms with Gasteiger partial charge in [0.05, 0.1) is 4.90 Å². The van der Waals surface area contributed by atoms with E-state index in [-0.39, 0.29) is 10.8 Å². The predicted molar refractivity (Wildman–Crippen MR) is 82.3 cm³/mol. The van der Waals surface area contributed by atoms with Gasteiger partial charge in [0.15, 0.2) is 0 Å². The lowest BCUT2D eigenvalue weighted by molar-refractivity contribution is 0.0916. The average Bonchev–Trinajstić information content (AvgIpc) is 2.52. The summed E-state index contributed by atoms with van der Waals surface area (Å²) < 4.78 is 25.4. The van der Waals surface area contributed by atoms with E-state index in [1.807, 2.05) is 13.8 Å². The Hall–Kier alpha value is -1.84. The second-order valence-electron chi connectivity index (χ2n) is 4.62. The van der Waals surface area contributed by atoms with E-state index in [9.17, 15) is 13.2 Å². The number of sulfonamides is 1. The van der Waals surface area contributed by atoms with E-state index < -0.39 is 15.6 Å². The molecule has 0 spiro atoms. The molecule has 0 atom stereocenters. The standard InChI is InChI=1S/C15H20N2O3S/c1-5-15(6-2,7-3)17-14(18)12-8-10-13(11-9-12)21(19,20)16-4/h1,8-11,16H,6-7H2,2-4H3,(H,17,18). The van der Waals surface area contributed by atoms with Crippen molar-refractivity contribution < 1.29 is 13.2 Å². The molecule has 1 amide bonds. The van der Waals surface area contributed by atoms with Crippen LogP contribution in [0.4, 0.5) is 0 Å². The summed E-state index contributed by atoms with van der Waals surface area (Å²) in [5.41, 5.74) is -0.307. The van der Waals surface area contributed by atoms with Crippen LogP contribution < -0.4 is 10.0 Å². The summed E-state index contributed by atoms with van der Waals surface area (Å²) in [6, 6.07) is 5.70. The number of hydrogen-bond acceptors (Lipinski definition) is 3. The lowest BCUT2D eigenvalue weighted by Crippen LogP contribution is -2.46. The van der Waals surface area contributed by atoms with Crippen LogP contribution in [0.1, 0.15) is 37.0 Å². The molecule has 5 nitrogen and oxygen atoms in total. The molecule has 1 aromatic rings. The van der Waals surface area contributed by atoms with E-state index in [2.05, 4.69) is 16.0 Å². The van der Waals surface area contributed by atoms with Gasteiger partial charge < -0.3 is 5.32 Å². The van der Waals surface area contributed by atoms with Gasteiger partial charge >= 0.3 is 0 Å². The normalized spacial score (nSPS) is 11.7. The Morgan fingerprint density at radius 1 is 1.24 bits per heavy atom. The van der Waals surface area contributed by atoms with Crippen molar-refractivity contribution in [3.8, 4) is 12.3 Å². The molecule has 0 aromatic heterocycles. The van der Waals surface area contributed by atoms with Crippen LogP contribution in [0.15, 0.2) is 29.2 Å². The first-order valence-electron chi connectivity index (χ1n) is 6.68. The molecule has 0 bridgehead atoms. The lowest BCUT2D eigenvalue weighted by atomic mass is 9.93. The van der Waals surface area contributed by atoms with Crippen LogP contribution in [0.3, 0.4) is 0 Å². The summed E-state index contributed by atoms with van der Waals surface area (Å²) in [6.07, 6.45) is 6.75. The van der Waals surface area contributed by atoms with Gasteiger partial charge in [-0.1, -0.05) is 19.8 Å². The molecule has 0 unspecified atom stereocenters. The number of benzene rings is 1. The maximum Gasteiger partial charge on any atom is 0.252 e. The molecule has 0 heterocycles. The lowest BCUT2D eigenvalue weighted by Gasteiger charge is -2.27. The number of carbonyl (C=O) groups is 1. The molecule has 0 saturated carbocycles. The number of nitrogens with one attached hydrogen (secondary N) is 2. The van der Waals surface area contributed by atoms with Gasteiger partial charge in [0.25, 0.3) is 5.91 Å². The molecule has 0 saturated heterocycles. The van der Waals surface area contributed by atoms with Gasteiger partial charge in [-0.2, -0.15) is 0 Å². The average molecular weight is 308 g/mol. The van der Waals surface area contributed by atoms with Crippen molar-refractivity contribution in [2.75, 3.05) is 7.05 Å². The zero-order valence-electron chi connectivity index (χ0n) is 12.4. The van der Waals surface area contributed by atoms with Crippen LogP contribution in [-0.2, 0) is 10.0 Å². The smallest absolute Gasteiger partial charge is 0.252 e. The number of amides is 1. The Morgan fingerprint density at radius 2 is 1.76 bits per heavy atom. The second-order valence-corrected chi connectivity index (χ2v) is 6.51. The molecular weight excluding hydrogens is 288 g/mol. The zero-order chi connectivity index (χ0) is 16.1. The van der Waals surface area contributed by atoms with E-state index in [0.717, 1.165) is 0 Å². The van der Waals surface area contributed by atoms with Gasteiger partial charge in [0.1, 0.15) is 5.54 Å². The van der Waals surface area contributed by atoms with Crippen molar-refractivity contribution in [1.82, 2.24) is 10.0 Å². The van der Waals surface area contributed by atoms with E-state index in [1.165, 1.54) is 31.3 Å². The molecule has 0 aliphatic rings. The first-order valence-corrected chi connectivity index (χ1v) is 8.16. The Labute approximate surface area is 126 Å². The second kappa shape index (κ2) is 6.74. The van der Waals surface area contributed by atoms with Crippen LogP contribution in [0.5, 0.6) is 0 Å². The molecule has 114 valence electrons. The molecule has 0 aliphatic heterocycles. The van der Waals surface area contributed by atoms with Crippen LogP contribution >= 0.6 is 0 Å². The highest BCUT2D eigenvalue weighted by Gasteiger charge is 2.25. The fourth-order valence-corrected chi connectivity index (χ4v) is 2.59. The molecule has 1 aromatic carbocycles. The van der Waals surface area contributed by atoms with Crippen molar-refractivity contribution in [1.29, 1.82) is 0 Å². The SMILES string of the molecule is C#CC(CC)(CC)NC(=O)c1ccc(S(=O)(=O)NC)cc1. The number of terminal acetylenes is 1. The minimum absolute atomic E-state index is 0.107. The topological polar surface area (TPSA) is 75.3 Å². The number of rotatable bonds is 6. The molecule has 6 heteroatoms. The van der Waals surface area contributed by atoms with Gasteiger partial charge in [0.2, 0.25) is 10.0 Å². The van der Waals surface area contributed by atoms with Gasteiger partial charge in [-0.15, -0.1) is 6.42 Å². The molecule has 2 N–H and O–H groups in total. The van der Waals surface area contributed by atoms with Crippen molar-refractivity contribution >= 4 is 15.9 Å². The molecule has 0 fully saturated rings. The van der Waals surface area contributed by atoms with Gasteiger partial charge in [0, 0.05) is 5.56 Å². The van der Waals surface area contributed by atoms with E-state index >= 15 is 0 Å². The Kier molecular flexibility index (Phi) is 5.53. The zero-order valence-corrected chi connectivity index (χ0v) is 13.3. The summed E-state index contributed by atoms with van der Waals surface area (Å²) in [6.45, 7) is 3.82. The van der Waals surface area contributed by atoms with Crippen molar-refractivity contribution in [2.24, 2.45) is 0 Å². The van der Waals surface area contributed by atoms with Gasteiger partial charge in [-0.3, -0.25) is 4.79 Å². The monoisotopic (exact) mass is 308 g/mol. The Balaban J connectivity index is 2.98. The first-order chi connectivity index (χ1) is 9.84. The first kappa shape index (κ1) is 17.2. The predicted octanol–water partition coefficient (Wildman–Crippen LogP) is 1.52. The molecule has 21 heavy (non-hydrogen) atoms. The van der Waals surface area contributed by atoms with E-state index in [1.54, 1.807) is 0 Å². The van der Waals surface area contributed by atoms with E-state index in [4.69, 9.17) is 6.42 Å². The highest BCUT2D eigenvalue weighted by atomic mass is 32.2. The Morgan fingerprint density at radius 3 is 2.14 bits per heavy atom. The van der Waals surface area contributed by atoms with Crippen molar-refractivity contribution in [2.45, 2.75) is 37.1 Å². The quantitative estimate of drug-likeness (QED) is 0.782. The summed E-state index contributed by atoms with van der Waals surface area (Å²) in [7, 11) is -2.17. The fraction of sp³-hybridized carbons (Fsp3) is 0.400. The minimum Gasteiger partial charge on any atom is -0.336 e. The van der Waals surface area contributed by atoms with Crippen LogP contribution in [0, 0.1) is 12.3 Å². The third kappa shape index (κ3) is 3.84. The van der Waals surface area contributed by atoms with Crippen LogP contribution in [0.2, 0.25) is 0 Å². The van der Waals surface area contributed by atoms with Gasteiger partial charge in [-0.05, 0) is 44.2 Å². The summed E-state index contributed by atoms with van der Waals surface area (Å²) in [4.78, 5) is 12.3. The number of carbonyl (C=O) groups excluding carboxylic acids is 1. The molecule has 0 aliphatic carbocycles. The highest BCUT2D eigenvalue weighted by Crippen LogP contribution is 2.16.